The summed E-state index contributed by atoms with van der Waals surface area (Å²) in [5.41, 5.74) is 0. The van der Waals surface area contributed by atoms with E-state index < -0.39 is 36.2 Å². The molecule has 1 aliphatic heterocycles. The molecule has 0 bridgehead atoms. The number of esters is 2. The Morgan fingerprint density at radius 2 is 1.67 bits per heavy atom. The van der Waals surface area contributed by atoms with E-state index in [4.69, 9.17) is 4.84 Å². The fourth-order valence-electron chi connectivity index (χ4n) is 1.81. The van der Waals surface area contributed by atoms with E-state index >= 15 is 0 Å². The Labute approximate surface area is 101 Å². The average molecular weight is 271 g/mol. The van der Waals surface area contributed by atoms with Crippen molar-refractivity contribution < 1.29 is 37.1 Å². The zero-order valence-electron chi connectivity index (χ0n) is 9.85. The van der Waals surface area contributed by atoms with Crippen LogP contribution in [0.1, 0.15) is 0 Å². The number of hydrogen-bond donors (Lipinski definition) is 0. The first-order valence-corrected chi connectivity index (χ1v) is 4.86. The molecule has 0 amide bonds. The fraction of sp³-hybridized carbons (Fsp3) is 0.778. The van der Waals surface area contributed by atoms with Crippen LogP contribution in [-0.4, -0.2) is 56.6 Å². The summed E-state index contributed by atoms with van der Waals surface area (Å²) in [6, 6.07) is -2.26. The minimum atomic E-state index is -4.74. The smallest absolute Gasteiger partial charge is 0.407 e. The highest BCUT2D eigenvalue weighted by atomic mass is 19.4. The second-order valence-electron chi connectivity index (χ2n) is 3.63. The number of methoxy groups -OCH3 is 2. The molecule has 1 heterocycles. The molecule has 1 fully saturated rings. The molecule has 9 heteroatoms. The Kier molecular flexibility index (Phi) is 4.17. The van der Waals surface area contributed by atoms with Crippen molar-refractivity contribution in [3.8, 4) is 0 Å². The first-order valence-electron chi connectivity index (χ1n) is 4.86. The minimum Gasteiger partial charge on any atom is -0.469 e. The molecule has 0 saturated carbocycles. The summed E-state index contributed by atoms with van der Waals surface area (Å²) in [6.45, 7) is 0. The van der Waals surface area contributed by atoms with Gasteiger partial charge in [-0.2, -0.15) is 18.2 Å². The molecule has 1 rings (SSSR count). The van der Waals surface area contributed by atoms with Crippen LogP contribution in [0.4, 0.5) is 13.2 Å². The van der Waals surface area contributed by atoms with Crippen molar-refractivity contribution in [2.45, 2.75) is 18.3 Å². The van der Waals surface area contributed by atoms with E-state index in [1.54, 1.807) is 0 Å². The van der Waals surface area contributed by atoms with Gasteiger partial charge in [-0.05, 0) is 0 Å². The summed E-state index contributed by atoms with van der Waals surface area (Å²) in [5.74, 6) is -4.06. The van der Waals surface area contributed by atoms with Crippen molar-refractivity contribution in [1.82, 2.24) is 5.06 Å². The molecule has 0 unspecified atom stereocenters. The number of carbonyl (C=O) groups is 2. The molecule has 6 nitrogen and oxygen atoms in total. The molecule has 1 saturated heterocycles. The zero-order chi connectivity index (χ0) is 14.1. The third kappa shape index (κ3) is 2.56. The lowest BCUT2D eigenvalue weighted by Gasteiger charge is -2.23. The summed E-state index contributed by atoms with van der Waals surface area (Å²) < 4.78 is 47.0. The molecule has 1 aliphatic rings. The summed E-state index contributed by atoms with van der Waals surface area (Å²) in [7, 11) is 2.90. The van der Waals surface area contributed by atoms with E-state index in [9.17, 15) is 22.8 Å². The van der Waals surface area contributed by atoms with Crippen LogP contribution in [0.3, 0.4) is 0 Å². The molecule has 18 heavy (non-hydrogen) atoms. The highest BCUT2D eigenvalue weighted by molar-refractivity contribution is 5.85. The van der Waals surface area contributed by atoms with Gasteiger partial charge in [-0.3, -0.25) is 9.63 Å². The van der Waals surface area contributed by atoms with Crippen LogP contribution in [0.25, 0.3) is 0 Å². The maximum atomic E-state index is 12.8. The average Bonchev–Trinajstić information content (AvgIpc) is 2.64. The van der Waals surface area contributed by atoms with Gasteiger partial charge in [-0.25, -0.2) is 4.79 Å². The quantitative estimate of drug-likeness (QED) is 0.665. The Hall–Kier alpha value is -1.35. The maximum Gasteiger partial charge on any atom is 0.407 e. The molecule has 0 aromatic heterocycles. The SMILES string of the molecule is COC(=O)[C@H]1[C@@H](C(=O)OC)ON(C)[C@@H]1C(F)(F)F. The van der Waals surface area contributed by atoms with Crippen molar-refractivity contribution >= 4 is 11.9 Å². The third-order valence-electron chi connectivity index (χ3n) is 2.58. The standard InChI is InChI=1S/C9H12F3NO5/c1-13-6(9(10,11)12)4(7(14)16-2)5(18-13)8(15)17-3/h4-6H,1-3H3/t4-,5-,6-/m0/s1. The zero-order valence-corrected chi connectivity index (χ0v) is 9.85. The van der Waals surface area contributed by atoms with Crippen LogP contribution in [0.2, 0.25) is 0 Å². The van der Waals surface area contributed by atoms with Crippen LogP contribution in [0, 0.1) is 5.92 Å². The Bertz CT molecular complexity index is 346. The van der Waals surface area contributed by atoms with E-state index in [0.29, 0.717) is 5.06 Å². The Morgan fingerprint density at radius 3 is 2.06 bits per heavy atom. The van der Waals surface area contributed by atoms with E-state index in [-0.39, 0.29) is 0 Å². The van der Waals surface area contributed by atoms with Gasteiger partial charge in [0.05, 0.1) is 14.2 Å². The minimum absolute atomic E-state index is 0.420. The molecule has 3 atom stereocenters. The van der Waals surface area contributed by atoms with Crippen LogP contribution >= 0.6 is 0 Å². The molecule has 0 aromatic rings. The number of hydroxylamine groups is 2. The molecular weight excluding hydrogens is 259 g/mol. The third-order valence-corrected chi connectivity index (χ3v) is 2.58. The lowest BCUT2D eigenvalue weighted by Crippen LogP contribution is -2.47. The molecule has 0 aromatic carbocycles. The monoisotopic (exact) mass is 271 g/mol. The van der Waals surface area contributed by atoms with Gasteiger partial charge < -0.3 is 9.47 Å². The predicted molar refractivity (Wildman–Crippen MR) is 50.0 cm³/mol. The van der Waals surface area contributed by atoms with Crippen LogP contribution < -0.4 is 0 Å². The van der Waals surface area contributed by atoms with Crippen LogP contribution in [-0.2, 0) is 23.9 Å². The Balaban J connectivity index is 3.11. The van der Waals surface area contributed by atoms with Crippen molar-refractivity contribution in [3.63, 3.8) is 0 Å². The second kappa shape index (κ2) is 5.11. The number of alkyl halides is 3. The molecule has 0 spiro atoms. The lowest BCUT2D eigenvalue weighted by atomic mass is 9.94. The summed E-state index contributed by atoms with van der Waals surface area (Å²) >= 11 is 0. The van der Waals surface area contributed by atoms with Crippen molar-refractivity contribution in [2.24, 2.45) is 5.92 Å². The summed E-state index contributed by atoms with van der Waals surface area (Å²) in [5, 5.41) is 0.420. The van der Waals surface area contributed by atoms with E-state index in [2.05, 4.69) is 9.47 Å². The van der Waals surface area contributed by atoms with Crippen LogP contribution in [0.5, 0.6) is 0 Å². The normalized spacial score (nSPS) is 29.1. The van der Waals surface area contributed by atoms with Gasteiger partial charge in [0.25, 0.3) is 0 Å². The molecular formula is C9H12F3NO5. The van der Waals surface area contributed by atoms with Crippen LogP contribution in [0.15, 0.2) is 0 Å². The van der Waals surface area contributed by atoms with Gasteiger partial charge in [-0.15, -0.1) is 0 Å². The number of rotatable bonds is 2. The second-order valence-corrected chi connectivity index (χ2v) is 3.63. The van der Waals surface area contributed by atoms with Crippen molar-refractivity contribution in [1.29, 1.82) is 0 Å². The predicted octanol–water partition coefficient (Wildman–Crippen LogP) is 0.125. The van der Waals surface area contributed by atoms with E-state index in [0.717, 1.165) is 21.3 Å². The fourth-order valence-corrected chi connectivity index (χ4v) is 1.81. The number of halogens is 3. The van der Waals surface area contributed by atoms with Gasteiger partial charge in [0, 0.05) is 7.05 Å². The molecule has 0 radical (unpaired) electrons. The number of ether oxygens (including phenoxy) is 2. The number of carbonyl (C=O) groups excluding carboxylic acids is 2. The maximum absolute atomic E-state index is 12.8. The van der Waals surface area contributed by atoms with E-state index in [1.807, 2.05) is 0 Å². The van der Waals surface area contributed by atoms with Gasteiger partial charge in [-0.1, -0.05) is 0 Å². The lowest BCUT2D eigenvalue weighted by molar-refractivity contribution is -0.236. The van der Waals surface area contributed by atoms with Crippen molar-refractivity contribution in [2.75, 3.05) is 21.3 Å². The highest BCUT2D eigenvalue weighted by Crippen LogP contribution is 2.38. The van der Waals surface area contributed by atoms with Gasteiger partial charge in [0.2, 0.25) is 0 Å². The number of hydrogen-bond acceptors (Lipinski definition) is 6. The summed E-state index contributed by atoms with van der Waals surface area (Å²) in [4.78, 5) is 27.5. The largest absolute Gasteiger partial charge is 0.469 e. The highest BCUT2D eigenvalue weighted by Gasteiger charge is 2.61. The summed E-state index contributed by atoms with van der Waals surface area (Å²) in [6.07, 6.45) is -6.41. The van der Waals surface area contributed by atoms with Gasteiger partial charge in [0.1, 0.15) is 12.0 Å². The van der Waals surface area contributed by atoms with E-state index in [1.165, 1.54) is 0 Å². The Morgan fingerprint density at radius 1 is 1.17 bits per heavy atom. The van der Waals surface area contributed by atoms with Gasteiger partial charge in [0.15, 0.2) is 6.10 Å². The van der Waals surface area contributed by atoms with Gasteiger partial charge >= 0.3 is 18.1 Å². The number of nitrogens with zero attached hydrogens (tertiary/aromatic N) is 1. The molecule has 0 aliphatic carbocycles. The topological polar surface area (TPSA) is 65.1 Å². The molecule has 0 N–H and O–H groups in total. The first-order chi connectivity index (χ1) is 8.23. The first kappa shape index (κ1) is 14.7. The molecule has 104 valence electrons. The van der Waals surface area contributed by atoms with Crippen molar-refractivity contribution in [3.05, 3.63) is 0 Å².